The zero-order valence-corrected chi connectivity index (χ0v) is 27.5. The number of aromatic nitrogens is 1. The second kappa shape index (κ2) is 15.5. The first-order valence-corrected chi connectivity index (χ1v) is 16.4. The smallest absolute Gasteiger partial charge is 0.337 e. The van der Waals surface area contributed by atoms with Gasteiger partial charge < -0.3 is 19.4 Å². The number of nitrogens with zero attached hydrogens (tertiary/aromatic N) is 1. The number of methoxy groups -OCH3 is 1. The predicted molar refractivity (Wildman–Crippen MR) is 191 cm³/mol. The Balaban J connectivity index is 1.37. The van der Waals surface area contributed by atoms with E-state index in [2.05, 4.69) is 64.5 Å². The zero-order chi connectivity index (χ0) is 33.3. The van der Waals surface area contributed by atoms with Crippen LogP contribution in [-0.4, -0.2) is 36.7 Å². The molecule has 1 N–H and O–H groups in total. The van der Waals surface area contributed by atoms with Crippen LogP contribution in [0.3, 0.4) is 0 Å². The number of esters is 1. The van der Waals surface area contributed by atoms with E-state index in [9.17, 15) is 9.59 Å². The Labute approximate surface area is 285 Å². The third-order valence-corrected chi connectivity index (χ3v) is 8.69. The Kier molecular flexibility index (Phi) is 10.5. The highest BCUT2D eigenvalue weighted by Crippen LogP contribution is 2.37. The molecule has 5 aromatic carbocycles. The summed E-state index contributed by atoms with van der Waals surface area (Å²) in [4.78, 5) is 24.9. The third-order valence-electron chi connectivity index (χ3n) is 8.46. The summed E-state index contributed by atoms with van der Waals surface area (Å²) in [5.74, 6) is 0.249. The van der Waals surface area contributed by atoms with Crippen molar-refractivity contribution in [3.8, 4) is 5.75 Å². The highest BCUT2D eigenvalue weighted by atomic mass is 35.5. The number of carbonyl (C=O) groups is 2. The number of benzene rings is 5. The summed E-state index contributed by atoms with van der Waals surface area (Å²) in [7, 11) is 1.36. The number of carbonyl (C=O) groups excluding carboxylic acids is 2. The molecule has 6 nitrogen and oxygen atoms in total. The van der Waals surface area contributed by atoms with Gasteiger partial charge in [-0.2, -0.15) is 0 Å². The van der Waals surface area contributed by atoms with Gasteiger partial charge in [0.05, 0.1) is 31.7 Å². The van der Waals surface area contributed by atoms with Crippen LogP contribution in [0, 0.1) is 0 Å². The van der Waals surface area contributed by atoms with Crippen LogP contribution in [0.1, 0.15) is 44.3 Å². The molecule has 0 aliphatic rings. The van der Waals surface area contributed by atoms with Crippen LogP contribution in [0.25, 0.3) is 10.9 Å². The largest absolute Gasteiger partial charge is 0.493 e. The van der Waals surface area contributed by atoms with Crippen molar-refractivity contribution in [3.63, 3.8) is 0 Å². The predicted octanol–water partition coefficient (Wildman–Crippen LogP) is 8.24. The average molecular weight is 657 g/mol. The summed E-state index contributed by atoms with van der Waals surface area (Å²) in [5, 5.41) is 4.86. The van der Waals surface area contributed by atoms with Crippen molar-refractivity contribution >= 4 is 34.4 Å². The molecule has 7 heteroatoms. The van der Waals surface area contributed by atoms with Gasteiger partial charge in [-0.15, -0.1) is 0 Å². The van der Waals surface area contributed by atoms with Crippen molar-refractivity contribution in [2.24, 2.45) is 0 Å². The standard InChI is InChI=1S/C41H37ClN2O4/c1-47-41(46)32-17-20-34(21-18-32)48-26-24-35-36-28-33(42)19-22-37(36)44(38(35)23-25-43-39(45)27-29-11-5-2-6-12-29)40(30-13-7-3-8-14-30)31-15-9-4-10-16-31/h2-22,28,40H,23-27H2,1H3,(H,43,45). The van der Waals surface area contributed by atoms with Crippen LogP contribution in [-0.2, 0) is 28.8 Å². The van der Waals surface area contributed by atoms with E-state index in [1.807, 2.05) is 54.6 Å². The van der Waals surface area contributed by atoms with Crippen molar-refractivity contribution in [1.29, 1.82) is 0 Å². The molecule has 0 saturated heterocycles. The minimum Gasteiger partial charge on any atom is -0.493 e. The molecule has 0 bridgehead atoms. The van der Waals surface area contributed by atoms with Gasteiger partial charge in [0.2, 0.25) is 5.91 Å². The van der Waals surface area contributed by atoms with Gasteiger partial charge >= 0.3 is 5.97 Å². The first kappa shape index (κ1) is 32.6. The van der Waals surface area contributed by atoms with Crippen molar-refractivity contribution in [1.82, 2.24) is 9.88 Å². The molecule has 0 saturated carbocycles. The average Bonchev–Trinajstić information content (AvgIpc) is 3.41. The van der Waals surface area contributed by atoms with E-state index in [0.29, 0.717) is 48.7 Å². The number of hydrogen-bond donors (Lipinski definition) is 1. The van der Waals surface area contributed by atoms with Gasteiger partial charge in [0.1, 0.15) is 5.75 Å². The minimum absolute atomic E-state index is 0.0186. The van der Waals surface area contributed by atoms with Gasteiger partial charge in [0, 0.05) is 41.0 Å². The molecular weight excluding hydrogens is 620 g/mol. The van der Waals surface area contributed by atoms with Gasteiger partial charge in [-0.3, -0.25) is 4.79 Å². The molecule has 6 aromatic rings. The molecule has 0 unspecified atom stereocenters. The molecule has 0 radical (unpaired) electrons. The SMILES string of the molecule is COC(=O)c1ccc(OCCc2c(CCNC(=O)Cc3ccccc3)n(C(c3ccccc3)c3ccccc3)c3ccc(Cl)cc23)cc1. The van der Waals surface area contributed by atoms with E-state index < -0.39 is 5.97 Å². The Hall–Kier alpha value is -5.33. The summed E-state index contributed by atoms with van der Waals surface area (Å²) in [6, 6.07) is 43.6. The van der Waals surface area contributed by atoms with Crippen molar-refractivity contribution < 1.29 is 19.1 Å². The molecule has 1 aromatic heterocycles. The third kappa shape index (κ3) is 7.62. The molecule has 0 spiro atoms. The van der Waals surface area contributed by atoms with Gasteiger partial charge in [-0.25, -0.2) is 4.79 Å². The van der Waals surface area contributed by atoms with Crippen LogP contribution in [0.5, 0.6) is 5.75 Å². The lowest BCUT2D eigenvalue weighted by molar-refractivity contribution is -0.120. The van der Waals surface area contributed by atoms with E-state index in [1.165, 1.54) is 7.11 Å². The number of hydrogen-bond acceptors (Lipinski definition) is 4. The van der Waals surface area contributed by atoms with Crippen molar-refractivity contribution in [3.05, 3.63) is 172 Å². The van der Waals surface area contributed by atoms with Crippen LogP contribution < -0.4 is 10.1 Å². The summed E-state index contributed by atoms with van der Waals surface area (Å²) in [6.07, 6.45) is 1.53. The fraction of sp³-hybridized carbons (Fsp3) is 0.171. The van der Waals surface area contributed by atoms with Gasteiger partial charge in [-0.05, 0) is 64.7 Å². The normalized spacial score (nSPS) is 11.1. The fourth-order valence-corrected chi connectivity index (χ4v) is 6.42. The lowest BCUT2D eigenvalue weighted by Gasteiger charge is -2.25. The topological polar surface area (TPSA) is 69.6 Å². The second-order valence-electron chi connectivity index (χ2n) is 11.6. The number of ether oxygens (including phenoxy) is 2. The van der Waals surface area contributed by atoms with E-state index in [-0.39, 0.29) is 11.9 Å². The van der Waals surface area contributed by atoms with E-state index >= 15 is 0 Å². The van der Waals surface area contributed by atoms with Gasteiger partial charge in [0.15, 0.2) is 0 Å². The second-order valence-corrected chi connectivity index (χ2v) is 12.0. The molecular formula is C41H37ClN2O4. The summed E-state index contributed by atoms with van der Waals surface area (Å²) in [6.45, 7) is 0.868. The van der Waals surface area contributed by atoms with Gasteiger partial charge in [-0.1, -0.05) is 103 Å². The highest BCUT2D eigenvalue weighted by Gasteiger charge is 2.25. The van der Waals surface area contributed by atoms with Crippen molar-refractivity contribution in [2.75, 3.05) is 20.3 Å². The van der Waals surface area contributed by atoms with Crippen molar-refractivity contribution in [2.45, 2.75) is 25.3 Å². The monoisotopic (exact) mass is 656 g/mol. The Morgan fingerprint density at radius 2 is 1.40 bits per heavy atom. The number of rotatable bonds is 13. The molecule has 0 aliphatic carbocycles. The Morgan fingerprint density at radius 3 is 2.02 bits per heavy atom. The number of amides is 1. The molecule has 0 aliphatic heterocycles. The summed E-state index contributed by atoms with van der Waals surface area (Å²) >= 11 is 6.64. The van der Waals surface area contributed by atoms with Crippen LogP contribution >= 0.6 is 11.6 Å². The highest BCUT2D eigenvalue weighted by molar-refractivity contribution is 6.31. The quantitative estimate of drug-likeness (QED) is 0.127. The molecule has 0 atom stereocenters. The maximum absolute atomic E-state index is 13.0. The van der Waals surface area contributed by atoms with E-state index in [0.717, 1.165) is 38.9 Å². The van der Waals surface area contributed by atoms with Gasteiger partial charge in [0.25, 0.3) is 0 Å². The number of halogens is 1. The van der Waals surface area contributed by atoms with Crippen LogP contribution in [0.2, 0.25) is 5.02 Å². The summed E-state index contributed by atoms with van der Waals surface area (Å²) < 4.78 is 13.4. The maximum atomic E-state index is 13.0. The molecule has 6 rings (SSSR count). The number of nitrogens with one attached hydrogen (secondary N) is 1. The maximum Gasteiger partial charge on any atom is 0.337 e. The molecule has 1 amide bonds. The summed E-state index contributed by atoms with van der Waals surface area (Å²) in [5.41, 5.74) is 7.02. The molecule has 242 valence electrons. The molecule has 1 heterocycles. The Morgan fingerprint density at radius 1 is 0.771 bits per heavy atom. The lowest BCUT2D eigenvalue weighted by atomic mass is 9.97. The first-order chi connectivity index (χ1) is 23.5. The fourth-order valence-electron chi connectivity index (χ4n) is 6.25. The molecule has 48 heavy (non-hydrogen) atoms. The van der Waals surface area contributed by atoms with E-state index in [1.54, 1.807) is 24.3 Å². The molecule has 0 fully saturated rings. The first-order valence-electron chi connectivity index (χ1n) is 16.0. The number of fused-ring (bicyclic) bond motifs is 1. The van der Waals surface area contributed by atoms with Crippen LogP contribution in [0.4, 0.5) is 0 Å². The Bertz CT molecular complexity index is 1940. The minimum atomic E-state index is -0.391. The van der Waals surface area contributed by atoms with Crippen LogP contribution in [0.15, 0.2) is 133 Å². The lowest BCUT2D eigenvalue weighted by Crippen LogP contribution is -2.28. The zero-order valence-electron chi connectivity index (χ0n) is 26.8. The van der Waals surface area contributed by atoms with E-state index in [4.69, 9.17) is 21.1 Å².